The number of carbonyl (C=O) groups is 5. The fourth-order valence-corrected chi connectivity index (χ4v) is 7.31. The average molecular weight is 853 g/mol. The number of nitrogen functional groups attached to an aromatic ring is 1. The largest absolute Gasteiger partial charge is 0.503 e. The molecule has 0 unspecified atom stereocenters. The van der Waals surface area contributed by atoms with Gasteiger partial charge in [-0.3, -0.25) is 28.5 Å². The van der Waals surface area contributed by atoms with E-state index in [4.69, 9.17) is 10.6 Å². The second-order valence-electron chi connectivity index (χ2n) is 12.6. The van der Waals surface area contributed by atoms with Crippen molar-refractivity contribution in [2.75, 3.05) is 18.8 Å². The summed E-state index contributed by atoms with van der Waals surface area (Å²) in [5.74, 6) is -6.00. The third-order valence-electron chi connectivity index (χ3n) is 8.13. The van der Waals surface area contributed by atoms with E-state index in [-0.39, 0.29) is 32.2 Å². The van der Waals surface area contributed by atoms with Gasteiger partial charge in [0.2, 0.25) is 17.2 Å². The molecule has 4 amide bonds. The topological polar surface area (TPSA) is 344 Å². The van der Waals surface area contributed by atoms with Crippen LogP contribution in [0.4, 0.5) is 5.13 Å². The van der Waals surface area contributed by atoms with E-state index in [1.54, 1.807) is 28.8 Å². The van der Waals surface area contributed by atoms with Gasteiger partial charge in [0, 0.05) is 24.5 Å². The molecule has 0 aromatic carbocycles. The highest BCUT2D eigenvalue weighted by Crippen LogP contribution is 2.26. The molecular formula is C30H34N11O13S3+. The minimum absolute atomic E-state index is 0.00802. The lowest BCUT2D eigenvalue weighted by molar-refractivity contribution is -0.753. The Morgan fingerprint density at radius 2 is 1.88 bits per heavy atom. The van der Waals surface area contributed by atoms with Gasteiger partial charge in [0.1, 0.15) is 27.3 Å². The van der Waals surface area contributed by atoms with Crippen LogP contribution < -0.4 is 31.8 Å². The van der Waals surface area contributed by atoms with Gasteiger partial charge in [0.05, 0.1) is 36.7 Å². The molecule has 5 heterocycles. The number of carboxylic acid groups (broad SMARTS) is 1. The molecule has 4 aromatic heterocycles. The molecule has 1 fully saturated rings. The number of hydrogen-bond acceptors (Lipinski definition) is 17. The number of aryl methyl sites for hydroxylation is 2. The summed E-state index contributed by atoms with van der Waals surface area (Å²) >= 11 is 1.89. The summed E-state index contributed by atoms with van der Waals surface area (Å²) in [6.07, 6.45) is 5.85. The molecule has 5 rings (SSSR count). The maximum Gasteiger partial charge on any atom is 0.362 e. The standard InChI is InChI=1S/C30H33N11O13S3/c1-30(2,28(48)49)54-37-21(15-13-55-29(31)35-15)25(46)36-22-17(41(27(22)47)57(51,52)53)8-33-24(45)20-9-34-26(56-20)14-10-38(3)39(11-14)6-4-5-32-23(44)16-7-18(42)19(43)12-40(16)50/h7,9-13,17,22,50H,4-6,8H2,1-3H3,(H7-,31,32,33,35,36,43,44,45,46,48,49,51,52,53)/p+1/b37-21-/t17-,22+/m1/s1. The van der Waals surface area contributed by atoms with Crippen molar-refractivity contribution in [1.29, 1.82) is 0 Å². The molecule has 27 heteroatoms. The second-order valence-corrected chi connectivity index (χ2v) is 15.8. The Kier molecular flexibility index (Phi) is 12.0. The molecule has 304 valence electrons. The summed E-state index contributed by atoms with van der Waals surface area (Å²) in [6, 6.07) is -2.34. The Balaban J connectivity index is 1.21. The molecule has 0 aliphatic carbocycles. The Hall–Kier alpha value is -6.45. The van der Waals surface area contributed by atoms with Gasteiger partial charge in [-0.1, -0.05) is 5.16 Å². The summed E-state index contributed by atoms with van der Waals surface area (Å²) < 4.78 is 37.8. The van der Waals surface area contributed by atoms with Crippen molar-refractivity contribution in [3.05, 3.63) is 62.7 Å². The van der Waals surface area contributed by atoms with Gasteiger partial charge >= 0.3 is 16.3 Å². The highest BCUT2D eigenvalue weighted by molar-refractivity contribution is 7.84. The molecule has 4 aromatic rings. The number of carboxylic acids is 1. The maximum atomic E-state index is 13.3. The van der Waals surface area contributed by atoms with Gasteiger partial charge < -0.3 is 41.9 Å². The smallest absolute Gasteiger partial charge is 0.362 e. The summed E-state index contributed by atoms with van der Waals surface area (Å²) in [7, 11) is -3.41. The molecule has 0 radical (unpaired) electrons. The number of pyridine rings is 1. The minimum Gasteiger partial charge on any atom is -0.503 e. The zero-order valence-corrected chi connectivity index (χ0v) is 32.3. The molecule has 0 spiro atoms. The normalized spacial score (nSPS) is 15.8. The third kappa shape index (κ3) is 9.34. The van der Waals surface area contributed by atoms with Crippen molar-refractivity contribution in [3.63, 3.8) is 0 Å². The lowest BCUT2D eigenvalue weighted by atomic mass is 9.98. The first-order valence-electron chi connectivity index (χ1n) is 16.2. The number of rotatable bonds is 16. The summed E-state index contributed by atoms with van der Waals surface area (Å²) in [4.78, 5) is 88.2. The van der Waals surface area contributed by atoms with Gasteiger partial charge in [0.15, 0.2) is 23.6 Å². The predicted octanol–water partition coefficient (Wildman–Crippen LogP) is -2.09. The molecule has 0 bridgehead atoms. The molecule has 9 N–H and O–H groups in total. The molecule has 0 saturated carbocycles. The van der Waals surface area contributed by atoms with Crippen LogP contribution in [-0.4, -0.2) is 118 Å². The molecule has 2 atom stereocenters. The van der Waals surface area contributed by atoms with E-state index < -0.39 is 81.0 Å². The SMILES string of the molecule is C[n+]1cc(-c2ncc(C(=O)NC[C@@H]3[C@H](NC(=O)/C(=N\OC(C)(C)C(=O)O)c4csc(N)n4)C(=O)N3S(=O)(=O)O)s2)cn1CCCNC(=O)c1cc(=O)c(O)cn1O. The summed E-state index contributed by atoms with van der Waals surface area (Å²) in [6.45, 7) is 2.29. The number of aromatic nitrogens is 5. The first kappa shape index (κ1) is 41.7. The number of oxime groups is 1. The molecule has 24 nitrogen and oxygen atoms in total. The first-order chi connectivity index (χ1) is 26.7. The van der Waals surface area contributed by atoms with Gasteiger partial charge in [-0.15, -0.1) is 27.4 Å². The number of anilines is 1. The van der Waals surface area contributed by atoms with Crippen molar-refractivity contribution in [2.24, 2.45) is 12.2 Å². The van der Waals surface area contributed by atoms with Crippen LogP contribution in [0.2, 0.25) is 0 Å². The Labute approximate surface area is 328 Å². The zero-order valence-electron chi connectivity index (χ0n) is 29.8. The maximum absolute atomic E-state index is 13.3. The lowest BCUT2D eigenvalue weighted by Crippen LogP contribution is -2.74. The van der Waals surface area contributed by atoms with E-state index in [2.05, 4.69) is 31.1 Å². The molecule has 1 aliphatic heterocycles. The van der Waals surface area contributed by atoms with Gasteiger partial charge in [-0.25, -0.2) is 19.1 Å². The van der Waals surface area contributed by atoms with Crippen LogP contribution in [0.1, 0.15) is 46.1 Å². The fraction of sp³-hybridized carbons (Fsp3) is 0.333. The van der Waals surface area contributed by atoms with Crippen LogP contribution in [0.5, 0.6) is 5.75 Å². The summed E-state index contributed by atoms with van der Waals surface area (Å²) in [5, 5.41) is 41.2. The van der Waals surface area contributed by atoms with Crippen molar-refractivity contribution in [3.8, 4) is 16.3 Å². The van der Waals surface area contributed by atoms with Crippen molar-refractivity contribution in [2.45, 2.75) is 44.5 Å². The molecule has 1 saturated heterocycles. The predicted molar refractivity (Wildman–Crippen MR) is 196 cm³/mol. The Morgan fingerprint density at radius 1 is 1.16 bits per heavy atom. The minimum atomic E-state index is -5.15. The van der Waals surface area contributed by atoms with Gasteiger partial charge in [0.25, 0.3) is 23.6 Å². The van der Waals surface area contributed by atoms with Crippen molar-refractivity contribution in [1.82, 2.24) is 39.6 Å². The summed E-state index contributed by atoms with van der Waals surface area (Å²) in [5.41, 5.74) is 2.43. The molecular weight excluding hydrogens is 819 g/mol. The monoisotopic (exact) mass is 852 g/mol. The zero-order chi connectivity index (χ0) is 42.0. The number of carbonyl (C=O) groups excluding carboxylic acids is 4. The number of nitrogens with one attached hydrogen (secondary N) is 3. The second kappa shape index (κ2) is 16.3. The van der Waals surface area contributed by atoms with Crippen LogP contribution in [0.15, 0.2) is 46.2 Å². The number of amides is 4. The number of nitrogens with two attached hydrogens (primary N) is 1. The Morgan fingerprint density at radius 3 is 2.53 bits per heavy atom. The van der Waals surface area contributed by atoms with Crippen LogP contribution in [0.25, 0.3) is 10.6 Å². The molecule has 1 aliphatic rings. The van der Waals surface area contributed by atoms with E-state index in [0.717, 1.165) is 42.6 Å². The number of hydrogen-bond donors (Lipinski definition) is 8. The lowest BCUT2D eigenvalue weighted by Gasteiger charge is -2.44. The van der Waals surface area contributed by atoms with E-state index in [1.807, 2.05) is 0 Å². The average Bonchev–Trinajstić information content (AvgIpc) is 3.88. The first-order valence-corrected chi connectivity index (χ1v) is 19.3. The third-order valence-corrected chi connectivity index (χ3v) is 10.8. The van der Waals surface area contributed by atoms with E-state index in [1.165, 1.54) is 11.6 Å². The fourth-order valence-electron chi connectivity index (χ4n) is 5.08. The van der Waals surface area contributed by atoms with Crippen LogP contribution in [0.3, 0.4) is 0 Å². The number of aromatic hydroxyl groups is 1. The highest BCUT2D eigenvalue weighted by atomic mass is 32.2. The van der Waals surface area contributed by atoms with Crippen molar-refractivity contribution < 1.29 is 61.9 Å². The van der Waals surface area contributed by atoms with E-state index in [0.29, 0.717) is 34.5 Å². The number of thiazole rings is 2. The Bertz CT molecular complexity index is 2450. The molecule has 57 heavy (non-hydrogen) atoms. The van der Waals surface area contributed by atoms with E-state index >= 15 is 0 Å². The van der Waals surface area contributed by atoms with Crippen LogP contribution in [-0.2, 0) is 43.1 Å². The van der Waals surface area contributed by atoms with Crippen molar-refractivity contribution >= 4 is 73.4 Å². The van der Waals surface area contributed by atoms with Crippen LogP contribution in [0, 0.1) is 0 Å². The number of β-lactam (4-membered cyclic amide) rings is 1. The number of aliphatic carboxylic acids is 1. The van der Waals surface area contributed by atoms with Gasteiger partial charge in [-0.2, -0.15) is 17.8 Å². The quantitative estimate of drug-likeness (QED) is 0.0114. The van der Waals surface area contributed by atoms with E-state index in [9.17, 15) is 57.2 Å². The van der Waals surface area contributed by atoms with Crippen LogP contribution >= 0.6 is 22.7 Å². The van der Waals surface area contributed by atoms with Gasteiger partial charge in [-0.05, 0) is 20.3 Å². The number of nitrogens with zero attached hydrogens (tertiary/aromatic N) is 7. The highest BCUT2D eigenvalue weighted by Gasteiger charge is 2.54.